The topological polar surface area (TPSA) is 95.2 Å². The van der Waals surface area contributed by atoms with E-state index in [1.165, 1.54) is 0 Å². The van der Waals surface area contributed by atoms with Crippen molar-refractivity contribution in [3.8, 4) is 5.88 Å². The van der Waals surface area contributed by atoms with Crippen molar-refractivity contribution < 1.29 is 5.11 Å². The summed E-state index contributed by atoms with van der Waals surface area (Å²) in [5.74, 6) is -0.172. The predicted molar refractivity (Wildman–Crippen MR) is 45.3 cm³/mol. The summed E-state index contributed by atoms with van der Waals surface area (Å²) < 4.78 is 0. The molecule has 0 bridgehead atoms. The number of rotatable bonds is 1. The fourth-order valence-electron chi connectivity index (χ4n) is 0.671. The first-order chi connectivity index (χ1) is 5.52. The number of aromatic nitrogens is 2. The van der Waals surface area contributed by atoms with Crippen LogP contribution in [0.2, 0.25) is 0 Å². The van der Waals surface area contributed by atoms with Crippen LogP contribution < -0.4 is 16.2 Å². The molecular weight excluding hydrogens is 160 g/mol. The number of nitrogen functional groups attached to an aromatic ring is 1. The summed E-state index contributed by atoms with van der Waals surface area (Å²) in [7, 11) is 3.38. The van der Waals surface area contributed by atoms with Gasteiger partial charge in [0.2, 0.25) is 11.8 Å². The number of H-pyrrole nitrogens is 1. The standard InChI is InChI=1S/C6H10N4O2/c1-10(2)6-8-4(11)3(7)5(12)9-6/h7H2,1-2H3,(H2,8,9,11,12). The van der Waals surface area contributed by atoms with Gasteiger partial charge < -0.3 is 15.7 Å². The molecule has 66 valence electrons. The molecule has 0 saturated carbocycles. The van der Waals surface area contributed by atoms with E-state index in [0.29, 0.717) is 0 Å². The molecular formula is C6H10N4O2. The average Bonchev–Trinajstić information content (AvgIpc) is 1.99. The summed E-state index contributed by atoms with van der Waals surface area (Å²) in [5, 5.41) is 9.05. The Morgan fingerprint density at radius 2 is 2.17 bits per heavy atom. The quantitative estimate of drug-likeness (QED) is 0.509. The first-order valence-corrected chi connectivity index (χ1v) is 3.28. The first kappa shape index (κ1) is 8.38. The highest BCUT2D eigenvalue weighted by Crippen LogP contribution is 2.12. The van der Waals surface area contributed by atoms with E-state index < -0.39 is 11.4 Å². The summed E-state index contributed by atoms with van der Waals surface area (Å²) >= 11 is 0. The zero-order valence-corrected chi connectivity index (χ0v) is 6.83. The average molecular weight is 170 g/mol. The lowest BCUT2D eigenvalue weighted by Crippen LogP contribution is -2.20. The van der Waals surface area contributed by atoms with Crippen molar-refractivity contribution in [3.63, 3.8) is 0 Å². The van der Waals surface area contributed by atoms with Gasteiger partial charge in [-0.15, -0.1) is 0 Å². The van der Waals surface area contributed by atoms with Gasteiger partial charge in [-0.25, -0.2) is 0 Å². The Morgan fingerprint density at radius 3 is 2.58 bits per heavy atom. The van der Waals surface area contributed by atoms with Crippen LogP contribution in [-0.2, 0) is 0 Å². The summed E-state index contributed by atoms with van der Waals surface area (Å²) in [5.41, 5.74) is 4.38. The third-order valence-electron chi connectivity index (χ3n) is 1.35. The normalized spacial score (nSPS) is 9.83. The maximum Gasteiger partial charge on any atom is 0.279 e. The van der Waals surface area contributed by atoms with Crippen molar-refractivity contribution in [1.82, 2.24) is 9.97 Å². The monoisotopic (exact) mass is 170 g/mol. The van der Waals surface area contributed by atoms with Gasteiger partial charge in [-0.05, 0) is 0 Å². The molecule has 6 heteroatoms. The molecule has 0 aliphatic carbocycles. The van der Waals surface area contributed by atoms with Gasteiger partial charge in [0.15, 0.2) is 5.69 Å². The molecule has 1 aromatic rings. The Kier molecular flexibility index (Phi) is 1.90. The van der Waals surface area contributed by atoms with Crippen molar-refractivity contribution in [2.24, 2.45) is 0 Å². The number of nitrogens with one attached hydrogen (secondary N) is 1. The van der Waals surface area contributed by atoms with Gasteiger partial charge in [-0.1, -0.05) is 0 Å². The molecule has 0 atom stereocenters. The van der Waals surface area contributed by atoms with Crippen LogP contribution in [0.4, 0.5) is 11.6 Å². The van der Waals surface area contributed by atoms with E-state index in [9.17, 15) is 4.79 Å². The third-order valence-corrected chi connectivity index (χ3v) is 1.35. The van der Waals surface area contributed by atoms with Gasteiger partial charge in [0, 0.05) is 14.1 Å². The van der Waals surface area contributed by atoms with E-state index in [1.807, 2.05) is 0 Å². The van der Waals surface area contributed by atoms with Crippen LogP contribution in [0, 0.1) is 0 Å². The van der Waals surface area contributed by atoms with Gasteiger partial charge in [0.05, 0.1) is 0 Å². The number of nitrogens with zero attached hydrogens (tertiary/aromatic N) is 2. The smallest absolute Gasteiger partial charge is 0.279 e. The second-order valence-electron chi connectivity index (χ2n) is 2.52. The summed E-state index contributed by atoms with van der Waals surface area (Å²) in [4.78, 5) is 18.5. The van der Waals surface area contributed by atoms with Crippen molar-refractivity contribution in [3.05, 3.63) is 10.4 Å². The number of hydrogen-bond donors (Lipinski definition) is 3. The number of nitrogens with two attached hydrogens (primary N) is 1. The molecule has 0 spiro atoms. The molecule has 0 saturated heterocycles. The molecule has 0 aromatic carbocycles. The van der Waals surface area contributed by atoms with E-state index in [2.05, 4.69) is 9.97 Å². The fourth-order valence-corrected chi connectivity index (χ4v) is 0.671. The molecule has 0 aliphatic rings. The maximum atomic E-state index is 11.0. The van der Waals surface area contributed by atoms with E-state index in [0.717, 1.165) is 0 Å². The van der Waals surface area contributed by atoms with Crippen LogP contribution in [-0.4, -0.2) is 29.2 Å². The molecule has 0 fully saturated rings. The summed E-state index contributed by atoms with van der Waals surface area (Å²) in [6, 6.07) is 0. The van der Waals surface area contributed by atoms with Crippen LogP contribution >= 0.6 is 0 Å². The zero-order valence-electron chi connectivity index (χ0n) is 6.83. The number of aromatic amines is 1. The van der Waals surface area contributed by atoms with Crippen LogP contribution in [0.5, 0.6) is 5.88 Å². The van der Waals surface area contributed by atoms with E-state index in [4.69, 9.17) is 10.8 Å². The van der Waals surface area contributed by atoms with Crippen LogP contribution in [0.3, 0.4) is 0 Å². The molecule has 12 heavy (non-hydrogen) atoms. The van der Waals surface area contributed by atoms with E-state index >= 15 is 0 Å². The van der Waals surface area contributed by atoms with Gasteiger partial charge in [0.25, 0.3) is 5.56 Å². The Balaban J connectivity index is 3.31. The SMILES string of the molecule is CN(C)c1nc(O)c(N)c(=O)[nH]1. The van der Waals surface area contributed by atoms with Crippen molar-refractivity contribution in [2.75, 3.05) is 24.7 Å². The lowest BCUT2D eigenvalue weighted by molar-refractivity contribution is 0.454. The van der Waals surface area contributed by atoms with Crippen molar-refractivity contribution in [2.45, 2.75) is 0 Å². The minimum absolute atomic E-state index is 0.263. The number of aromatic hydroxyl groups is 1. The third kappa shape index (κ3) is 1.31. The van der Waals surface area contributed by atoms with Gasteiger partial charge in [-0.2, -0.15) is 4.98 Å². The lowest BCUT2D eigenvalue weighted by atomic mass is 10.5. The summed E-state index contributed by atoms with van der Waals surface area (Å²) in [6.45, 7) is 0. The molecule has 0 radical (unpaired) electrons. The highest BCUT2D eigenvalue weighted by atomic mass is 16.3. The molecule has 0 amide bonds. The molecule has 0 aliphatic heterocycles. The molecule has 6 nitrogen and oxygen atoms in total. The first-order valence-electron chi connectivity index (χ1n) is 3.28. The molecule has 4 N–H and O–H groups in total. The van der Waals surface area contributed by atoms with Crippen molar-refractivity contribution >= 4 is 11.6 Å². The highest BCUT2D eigenvalue weighted by Gasteiger charge is 2.06. The Bertz CT molecular complexity index is 344. The fraction of sp³-hybridized carbons (Fsp3) is 0.333. The Morgan fingerprint density at radius 1 is 1.58 bits per heavy atom. The van der Waals surface area contributed by atoms with Crippen LogP contribution in [0.25, 0.3) is 0 Å². The van der Waals surface area contributed by atoms with Crippen LogP contribution in [0.15, 0.2) is 4.79 Å². The summed E-state index contributed by atoms with van der Waals surface area (Å²) in [6.07, 6.45) is 0. The molecule has 0 unspecified atom stereocenters. The zero-order chi connectivity index (χ0) is 9.30. The maximum absolute atomic E-state index is 11.0. The Hall–Kier alpha value is -1.72. The number of anilines is 2. The van der Waals surface area contributed by atoms with E-state index in [-0.39, 0.29) is 11.6 Å². The number of hydrogen-bond acceptors (Lipinski definition) is 5. The largest absolute Gasteiger partial charge is 0.492 e. The minimum Gasteiger partial charge on any atom is -0.492 e. The van der Waals surface area contributed by atoms with Crippen LogP contribution in [0.1, 0.15) is 0 Å². The highest BCUT2D eigenvalue weighted by molar-refractivity contribution is 5.48. The molecule has 1 rings (SSSR count). The van der Waals surface area contributed by atoms with Gasteiger partial charge >= 0.3 is 0 Å². The second kappa shape index (κ2) is 2.72. The van der Waals surface area contributed by atoms with Crippen molar-refractivity contribution in [1.29, 1.82) is 0 Å². The molecule has 1 heterocycles. The minimum atomic E-state index is -0.536. The van der Waals surface area contributed by atoms with E-state index in [1.54, 1.807) is 19.0 Å². The van der Waals surface area contributed by atoms with Gasteiger partial charge in [-0.3, -0.25) is 9.78 Å². The Labute approximate surface area is 68.7 Å². The second-order valence-corrected chi connectivity index (χ2v) is 2.52. The molecule has 1 aromatic heterocycles. The predicted octanol–water partition coefficient (Wildman–Crippen LogP) is -0.876. The lowest BCUT2D eigenvalue weighted by Gasteiger charge is -2.10. The van der Waals surface area contributed by atoms with Gasteiger partial charge in [0.1, 0.15) is 0 Å².